The molecule has 4 heteroatoms. The first-order chi connectivity index (χ1) is 9.99. The van der Waals surface area contributed by atoms with E-state index in [-0.39, 0.29) is 0 Å². The van der Waals surface area contributed by atoms with E-state index in [0.717, 1.165) is 31.0 Å². The lowest BCUT2D eigenvalue weighted by Crippen LogP contribution is -2.42. The highest BCUT2D eigenvalue weighted by atomic mass is 16.4. The van der Waals surface area contributed by atoms with Crippen LogP contribution in [-0.2, 0) is 11.3 Å². The Morgan fingerprint density at radius 3 is 2.67 bits per heavy atom. The number of likely N-dealkylation sites (tertiary alicyclic amines) is 1. The highest BCUT2D eigenvalue weighted by molar-refractivity contribution is 5.82. The van der Waals surface area contributed by atoms with Gasteiger partial charge in [0.2, 0.25) is 0 Å². The van der Waals surface area contributed by atoms with E-state index >= 15 is 0 Å². The average Bonchev–Trinajstić information content (AvgIpc) is 2.78. The maximum absolute atomic E-state index is 11.3. The van der Waals surface area contributed by atoms with Gasteiger partial charge < -0.3 is 9.52 Å². The number of aliphatic carboxylic acids is 1. The first-order valence-corrected chi connectivity index (χ1v) is 7.42. The predicted molar refractivity (Wildman–Crippen MR) is 81.2 cm³/mol. The molecule has 0 radical (unpaired) electrons. The summed E-state index contributed by atoms with van der Waals surface area (Å²) in [4.78, 5) is 13.6. The second kappa shape index (κ2) is 5.19. The first kappa shape index (κ1) is 14.1. The van der Waals surface area contributed by atoms with Gasteiger partial charge in [0.1, 0.15) is 11.3 Å². The van der Waals surface area contributed by atoms with Gasteiger partial charge in [0.25, 0.3) is 0 Å². The molecule has 1 fully saturated rings. The molecule has 4 nitrogen and oxygen atoms in total. The van der Waals surface area contributed by atoms with Crippen LogP contribution < -0.4 is 0 Å². The lowest BCUT2D eigenvalue weighted by atomic mass is 9.80. The molecule has 1 aliphatic heterocycles. The van der Waals surface area contributed by atoms with E-state index in [4.69, 9.17) is 4.42 Å². The second-order valence-corrected chi connectivity index (χ2v) is 6.27. The topological polar surface area (TPSA) is 53.7 Å². The minimum Gasteiger partial charge on any atom is -0.481 e. The monoisotopic (exact) mass is 287 g/mol. The molecule has 1 aromatic heterocycles. The third-order valence-electron chi connectivity index (χ3n) is 4.76. The largest absolute Gasteiger partial charge is 0.481 e. The fourth-order valence-electron chi connectivity index (χ4n) is 3.06. The summed E-state index contributed by atoms with van der Waals surface area (Å²) in [5.74, 6) is 0.287. The van der Waals surface area contributed by atoms with Crippen LogP contribution in [0, 0.1) is 12.3 Å². The summed E-state index contributed by atoms with van der Waals surface area (Å²) in [6.45, 7) is 6.33. The summed E-state index contributed by atoms with van der Waals surface area (Å²) in [5.41, 5.74) is 1.59. The molecule has 0 saturated carbocycles. The van der Waals surface area contributed by atoms with Crippen molar-refractivity contribution in [2.75, 3.05) is 13.1 Å². The van der Waals surface area contributed by atoms with Crippen molar-refractivity contribution in [3.8, 4) is 0 Å². The Balaban J connectivity index is 1.76. The number of piperidine rings is 1. The molecule has 1 N–H and O–H groups in total. The molecule has 0 amide bonds. The molecule has 0 bridgehead atoms. The normalized spacial score (nSPS) is 19.0. The number of hydrogen-bond acceptors (Lipinski definition) is 3. The van der Waals surface area contributed by atoms with Crippen molar-refractivity contribution in [2.24, 2.45) is 5.41 Å². The van der Waals surface area contributed by atoms with Gasteiger partial charge in [-0.2, -0.15) is 0 Å². The van der Waals surface area contributed by atoms with Crippen LogP contribution in [0.1, 0.15) is 31.1 Å². The second-order valence-electron chi connectivity index (χ2n) is 6.27. The van der Waals surface area contributed by atoms with Crippen LogP contribution in [0.4, 0.5) is 0 Å². The quantitative estimate of drug-likeness (QED) is 0.939. The lowest BCUT2D eigenvalue weighted by Gasteiger charge is -2.36. The number of benzene rings is 1. The van der Waals surface area contributed by atoms with Crippen molar-refractivity contribution in [1.82, 2.24) is 4.90 Å². The number of carboxylic acids is 1. The number of carbonyl (C=O) groups is 1. The summed E-state index contributed by atoms with van der Waals surface area (Å²) in [6.07, 6.45) is 1.41. The van der Waals surface area contributed by atoms with Gasteiger partial charge in [0.05, 0.1) is 5.41 Å². The summed E-state index contributed by atoms with van der Waals surface area (Å²) < 4.78 is 5.80. The Labute approximate surface area is 124 Å². The Morgan fingerprint density at radius 2 is 2.00 bits per heavy atom. The summed E-state index contributed by atoms with van der Waals surface area (Å²) in [7, 11) is 0. The highest BCUT2D eigenvalue weighted by Crippen LogP contribution is 2.33. The minimum atomic E-state index is -0.674. The van der Waals surface area contributed by atoms with E-state index in [9.17, 15) is 9.90 Å². The van der Waals surface area contributed by atoms with E-state index in [0.29, 0.717) is 12.8 Å². The van der Waals surface area contributed by atoms with Crippen LogP contribution in [0.25, 0.3) is 11.0 Å². The van der Waals surface area contributed by atoms with Crippen molar-refractivity contribution in [3.63, 3.8) is 0 Å². The molecule has 21 heavy (non-hydrogen) atoms. The fourth-order valence-corrected chi connectivity index (χ4v) is 3.06. The summed E-state index contributed by atoms with van der Waals surface area (Å²) in [5, 5.41) is 10.5. The van der Waals surface area contributed by atoms with Crippen molar-refractivity contribution >= 4 is 16.9 Å². The molecule has 0 atom stereocenters. The molecule has 0 spiro atoms. The maximum Gasteiger partial charge on any atom is 0.309 e. The zero-order valence-electron chi connectivity index (χ0n) is 12.6. The smallest absolute Gasteiger partial charge is 0.309 e. The lowest BCUT2D eigenvalue weighted by molar-refractivity contribution is -0.150. The van der Waals surface area contributed by atoms with Crippen LogP contribution in [0.15, 0.2) is 28.7 Å². The Morgan fingerprint density at radius 1 is 1.33 bits per heavy atom. The third-order valence-corrected chi connectivity index (χ3v) is 4.76. The van der Waals surface area contributed by atoms with Gasteiger partial charge in [-0.05, 0) is 45.8 Å². The van der Waals surface area contributed by atoms with Crippen LogP contribution in [0.2, 0.25) is 0 Å². The molecule has 112 valence electrons. The van der Waals surface area contributed by atoms with E-state index in [1.807, 2.05) is 32.0 Å². The van der Waals surface area contributed by atoms with Crippen LogP contribution in [0.5, 0.6) is 0 Å². The maximum atomic E-state index is 11.3. The number of aryl methyl sites for hydroxylation is 1. The predicted octanol–water partition coefficient (Wildman–Crippen LogP) is 3.43. The molecular weight excluding hydrogens is 266 g/mol. The van der Waals surface area contributed by atoms with Crippen LogP contribution in [0.3, 0.4) is 0 Å². The Hall–Kier alpha value is -1.81. The van der Waals surface area contributed by atoms with Crippen LogP contribution >= 0.6 is 0 Å². The van der Waals surface area contributed by atoms with Gasteiger partial charge in [-0.15, -0.1) is 0 Å². The standard InChI is InChI=1S/C17H21NO3/c1-12-14(13-5-3-4-6-15(13)21-12)11-18-9-7-17(2,8-10-18)16(19)20/h3-6H,7-11H2,1-2H3,(H,19,20). The van der Waals surface area contributed by atoms with E-state index in [1.54, 1.807) is 0 Å². The number of nitrogens with zero attached hydrogens (tertiary/aromatic N) is 1. The molecule has 2 aromatic rings. The van der Waals surface area contributed by atoms with Gasteiger partial charge in [-0.3, -0.25) is 9.69 Å². The van der Waals surface area contributed by atoms with Gasteiger partial charge >= 0.3 is 5.97 Å². The molecule has 0 unspecified atom stereocenters. The minimum absolute atomic E-state index is 0.565. The summed E-state index contributed by atoms with van der Waals surface area (Å²) >= 11 is 0. The van der Waals surface area contributed by atoms with Crippen LogP contribution in [-0.4, -0.2) is 29.1 Å². The van der Waals surface area contributed by atoms with E-state index in [1.165, 1.54) is 10.9 Å². The number of rotatable bonds is 3. The first-order valence-electron chi connectivity index (χ1n) is 7.42. The van der Waals surface area contributed by atoms with Crippen molar-refractivity contribution in [3.05, 3.63) is 35.6 Å². The van der Waals surface area contributed by atoms with Gasteiger partial charge in [-0.25, -0.2) is 0 Å². The SMILES string of the molecule is Cc1oc2ccccc2c1CN1CCC(C)(C(=O)O)CC1. The molecule has 1 saturated heterocycles. The number of fused-ring (bicyclic) bond motifs is 1. The van der Waals surface area contributed by atoms with E-state index in [2.05, 4.69) is 11.0 Å². The molecule has 1 aromatic carbocycles. The number of para-hydroxylation sites is 1. The Kier molecular flexibility index (Phi) is 3.49. The summed E-state index contributed by atoms with van der Waals surface area (Å²) in [6, 6.07) is 8.09. The van der Waals surface area contributed by atoms with Gasteiger partial charge in [0.15, 0.2) is 0 Å². The zero-order chi connectivity index (χ0) is 15.0. The average molecular weight is 287 g/mol. The van der Waals surface area contributed by atoms with Crippen molar-refractivity contribution < 1.29 is 14.3 Å². The van der Waals surface area contributed by atoms with E-state index < -0.39 is 11.4 Å². The third kappa shape index (κ3) is 2.56. The molecule has 0 aliphatic carbocycles. The number of furan rings is 1. The molecule has 3 rings (SSSR count). The van der Waals surface area contributed by atoms with Gasteiger partial charge in [-0.1, -0.05) is 18.2 Å². The van der Waals surface area contributed by atoms with Crippen molar-refractivity contribution in [1.29, 1.82) is 0 Å². The zero-order valence-corrected chi connectivity index (χ0v) is 12.6. The number of hydrogen-bond donors (Lipinski definition) is 1. The molecule has 1 aliphatic rings. The Bertz CT molecular complexity index is 666. The fraction of sp³-hybridized carbons (Fsp3) is 0.471. The van der Waals surface area contributed by atoms with Gasteiger partial charge in [0, 0.05) is 17.5 Å². The molecular formula is C17H21NO3. The highest BCUT2D eigenvalue weighted by Gasteiger charge is 2.36. The van der Waals surface area contributed by atoms with Crippen molar-refractivity contribution in [2.45, 2.75) is 33.2 Å². The molecule has 2 heterocycles. The number of carboxylic acid groups (broad SMARTS) is 1.